The lowest BCUT2D eigenvalue weighted by Gasteiger charge is -2.27. The van der Waals surface area contributed by atoms with Gasteiger partial charge in [-0.25, -0.2) is 9.97 Å². The van der Waals surface area contributed by atoms with Crippen LogP contribution in [0.25, 0.3) is 22.6 Å². The number of hydrogen-bond donors (Lipinski definition) is 0. The predicted molar refractivity (Wildman–Crippen MR) is 83.0 cm³/mol. The molecular formula is C16H16N4O3. The number of ether oxygens (including phenoxy) is 1. The largest absolute Gasteiger partial charge is 0.472 e. The van der Waals surface area contributed by atoms with Crippen molar-refractivity contribution in [1.29, 1.82) is 0 Å². The minimum Gasteiger partial charge on any atom is -0.472 e. The van der Waals surface area contributed by atoms with Crippen molar-refractivity contribution in [3.8, 4) is 22.6 Å². The van der Waals surface area contributed by atoms with E-state index in [2.05, 4.69) is 15.0 Å². The number of morpholine rings is 1. The Bertz CT molecular complexity index is 792. The molecule has 7 heteroatoms. The van der Waals surface area contributed by atoms with Gasteiger partial charge in [0.15, 0.2) is 5.76 Å². The first-order chi connectivity index (χ1) is 11.3. The van der Waals surface area contributed by atoms with Gasteiger partial charge in [0.25, 0.3) is 0 Å². The van der Waals surface area contributed by atoms with Crippen molar-refractivity contribution in [2.45, 2.75) is 6.92 Å². The van der Waals surface area contributed by atoms with E-state index in [1.54, 1.807) is 18.7 Å². The standard InChI is InChI=1S/C16H16N4O3/c1-11-8-14(23-19-11)13-9-17-16(20-3-6-21-7-4-20)18-15(13)12-2-5-22-10-12/h2,5,8-10H,3-4,6-7H2,1H3. The normalized spacial score (nSPS) is 15.1. The highest BCUT2D eigenvalue weighted by Crippen LogP contribution is 2.32. The first kappa shape index (κ1) is 14.0. The lowest BCUT2D eigenvalue weighted by molar-refractivity contribution is 0.122. The van der Waals surface area contributed by atoms with Gasteiger partial charge >= 0.3 is 0 Å². The predicted octanol–water partition coefficient (Wildman–Crippen LogP) is 2.54. The van der Waals surface area contributed by atoms with E-state index in [4.69, 9.17) is 18.7 Å². The Labute approximate surface area is 132 Å². The molecule has 0 aromatic carbocycles. The van der Waals surface area contributed by atoms with Gasteiger partial charge < -0.3 is 18.6 Å². The summed E-state index contributed by atoms with van der Waals surface area (Å²) in [6.45, 7) is 4.82. The summed E-state index contributed by atoms with van der Waals surface area (Å²) >= 11 is 0. The van der Waals surface area contributed by atoms with Crippen molar-refractivity contribution in [2.75, 3.05) is 31.2 Å². The fourth-order valence-corrected chi connectivity index (χ4v) is 2.58. The molecule has 23 heavy (non-hydrogen) atoms. The van der Waals surface area contributed by atoms with Crippen molar-refractivity contribution in [3.05, 3.63) is 36.5 Å². The van der Waals surface area contributed by atoms with Crippen LogP contribution in [0, 0.1) is 6.92 Å². The molecule has 0 spiro atoms. The molecule has 7 nitrogen and oxygen atoms in total. The summed E-state index contributed by atoms with van der Waals surface area (Å²) in [4.78, 5) is 11.3. The van der Waals surface area contributed by atoms with Crippen molar-refractivity contribution in [1.82, 2.24) is 15.1 Å². The van der Waals surface area contributed by atoms with Crippen LogP contribution in [0.5, 0.6) is 0 Å². The molecule has 3 aromatic heterocycles. The minimum absolute atomic E-state index is 0.646. The van der Waals surface area contributed by atoms with Gasteiger partial charge in [0.2, 0.25) is 5.95 Å². The van der Waals surface area contributed by atoms with E-state index in [9.17, 15) is 0 Å². The Balaban J connectivity index is 1.80. The van der Waals surface area contributed by atoms with Crippen LogP contribution in [0.2, 0.25) is 0 Å². The molecule has 1 saturated heterocycles. The van der Waals surface area contributed by atoms with E-state index in [1.165, 1.54) is 0 Å². The Morgan fingerprint density at radius 2 is 2.09 bits per heavy atom. The highest BCUT2D eigenvalue weighted by Gasteiger charge is 2.19. The maximum absolute atomic E-state index is 5.38. The molecule has 0 saturated carbocycles. The average Bonchev–Trinajstić information content (AvgIpc) is 3.27. The highest BCUT2D eigenvalue weighted by atomic mass is 16.5. The molecule has 1 fully saturated rings. The molecule has 4 rings (SSSR count). The third-order valence-corrected chi connectivity index (χ3v) is 3.76. The SMILES string of the molecule is Cc1cc(-c2cnc(N3CCOCC3)nc2-c2ccoc2)on1. The number of aromatic nitrogens is 3. The number of hydrogen-bond acceptors (Lipinski definition) is 7. The zero-order chi connectivity index (χ0) is 15.6. The van der Waals surface area contributed by atoms with Crippen molar-refractivity contribution >= 4 is 5.95 Å². The Kier molecular flexibility index (Phi) is 3.55. The van der Waals surface area contributed by atoms with Gasteiger partial charge in [-0.2, -0.15) is 0 Å². The summed E-state index contributed by atoms with van der Waals surface area (Å²) < 4.78 is 16.0. The second-order valence-corrected chi connectivity index (χ2v) is 5.38. The first-order valence-electron chi connectivity index (χ1n) is 7.47. The van der Waals surface area contributed by atoms with Crippen molar-refractivity contribution in [2.24, 2.45) is 0 Å². The van der Waals surface area contributed by atoms with E-state index >= 15 is 0 Å². The van der Waals surface area contributed by atoms with Crippen LogP contribution in [0.4, 0.5) is 5.95 Å². The van der Waals surface area contributed by atoms with Crippen LogP contribution >= 0.6 is 0 Å². The summed E-state index contributed by atoms with van der Waals surface area (Å²) in [7, 11) is 0. The molecular weight excluding hydrogens is 296 g/mol. The summed E-state index contributed by atoms with van der Waals surface area (Å²) in [5.74, 6) is 1.33. The Morgan fingerprint density at radius 1 is 1.22 bits per heavy atom. The third kappa shape index (κ3) is 2.70. The van der Waals surface area contributed by atoms with Crippen LogP contribution in [-0.2, 0) is 4.74 Å². The summed E-state index contributed by atoms with van der Waals surface area (Å²) in [5.41, 5.74) is 3.26. The number of nitrogens with zero attached hydrogens (tertiary/aromatic N) is 4. The lowest BCUT2D eigenvalue weighted by atomic mass is 10.1. The van der Waals surface area contributed by atoms with E-state index in [0.29, 0.717) is 24.9 Å². The first-order valence-corrected chi connectivity index (χ1v) is 7.47. The molecule has 1 aliphatic heterocycles. The summed E-state index contributed by atoms with van der Waals surface area (Å²) in [5, 5.41) is 3.95. The highest BCUT2D eigenvalue weighted by molar-refractivity contribution is 5.78. The smallest absolute Gasteiger partial charge is 0.226 e. The number of furan rings is 1. The van der Waals surface area contributed by atoms with Crippen molar-refractivity contribution < 1.29 is 13.7 Å². The monoisotopic (exact) mass is 312 g/mol. The summed E-state index contributed by atoms with van der Waals surface area (Å²) in [6.07, 6.45) is 5.07. The molecule has 118 valence electrons. The van der Waals surface area contributed by atoms with Crippen LogP contribution < -0.4 is 4.90 Å². The van der Waals surface area contributed by atoms with Gasteiger partial charge in [-0.1, -0.05) is 5.16 Å². The van der Waals surface area contributed by atoms with Gasteiger partial charge in [-0.15, -0.1) is 0 Å². The third-order valence-electron chi connectivity index (χ3n) is 3.76. The summed E-state index contributed by atoms with van der Waals surface area (Å²) in [6, 6.07) is 3.74. The lowest BCUT2D eigenvalue weighted by Crippen LogP contribution is -2.37. The van der Waals surface area contributed by atoms with Crippen LogP contribution in [0.3, 0.4) is 0 Å². The molecule has 0 amide bonds. The fourth-order valence-electron chi connectivity index (χ4n) is 2.58. The van der Waals surface area contributed by atoms with E-state index in [-0.39, 0.29) is 0 Å². The molecule has 3 aromatic rings. The van der Waals surface area contributed by atoms with E-state index in [1.807, 2.05) is 19.1 Å². The molecule has 0 radical (unpaired) electrons. The van der Waals surface area contributed by atoms with Crippen LogP contribution in [0.1, 0.15) is 5.69 Å². The minimum atomic E-state index is 0.646. The molecule has 0 aliphatic carbocycles. The zero-order valence-corrected chi connectivity index (χ0v) is 12.7. The van der Waals surface area contributed by atoms with Crippen LogP contribution in [-0.4, -0.2) is 41.4 Å². The second-order valence-electron chi connectivity index (χ2n) is 5.38. The molecule has 0 bridgehead atoms. The maximum Gasteiger partial charge on any atom is 0.226 e. The van der Waals surface area contributed by atoms with E-state index in [0.717, 1.165) is 35.6 Å². The molecule has 4 heterocycles. The van der Waals surface area contributed by atoms with E-state index < -0.39 is 0 Å². The van der Waals surface area contributed by atoms with Gasteiger partial charge in [0, 0.05) is 30.9 Å². The van der Waals surface area contributed by atoms with Crippen molar-refractivity contribution in [3.63, 3.8) is 0 Å². The second kappa shape index (κ2) is 5.85. The Morgan fingerprint density at radius 3 is 2.78 bits per heavy atom. The topological polar surface area (TPSA) is 77.4 Å². The van der Waals surface area contributed by atoms with Gasteiger partial charge in [-0.05, 0) is 13.0 Å². The zero-order valence-electron chi connectivity index (χ0n) is 12.7. The molecule has 0 atom stereocenters. The maximum atomic E-state index is 5.38. The molecule has 1 aliphatic rings. The molecule has 0 unspecified atom stereocenters. The quantitative estimate of drug-likeness (QED) is 0.735. The average molecular weight is 312 g/mol. The van der Waals surface area contributed by atoms with Gasteiger partial charge in [0.05, 0.1) is 42.7 Å². The van der Waals surface area contributed by atoms with Gasteiger partial charge in [-0.3, -0.25) is 0 Å². The Hall–Kier alpha value is -2.67. The number of aryl methyl sites for hydroxylation is 1. The fraction of sp³-hybridized carbons (Fsp3) is 0.312. The van der Waals surface area contributed by atoms with Gasteiger partial charge in [0.1, 0.15) is 0 Å². The number of rotatable bonds is 3. The van der Waals surface area contributed by atoms with Crippen LogP contribution in [0.15, 0.2) is 39.8 Å². The molecule has 0 N–H and O–H groups in total. The number of anilines is 1.